The summed E-state index contributed by atoms with van der Waals surface area (Å²) in [6.45, 7) is 14.4. The van der Waals surface area contributed by atoms with Crippen LogP contribution in [0.15, 0.2) is 12.3 Å². The molecule has 0 saturated carbocycles. The van der Waals surface area contributed by atoms with E-state index in [4.69, 9.17) is 4.74 Å². The van der Waals surface area contributed by atoms with Crippen molar-refractivity contribution in [3.63, 3.8) is 0 Å². The van der Waals surface area contributed by atoms with Gasteiger partial charge in [0.2, 0.25) is 5.91 Å². The molecule has 1 aromatic rings. The number of nitrogens with one attached hydrogen (secondary N) is 1. The molecule has 7 nitrogen and oxygen atoms in total. The lowest BCUT2D eigenvalue weighted by Gasteiger charge is -2.37. The van der Waals surface area contributed by atoms with Gasteiger partial charge in [-0.2, -0.15) is 5.10 Å². The first-order valence-electron chi connectivity index (χ1n) is 8.91. The predicted molar refractivity (Wildman–Crippen MR) is 95.2 cm³/mol. The maximum Gasteiger partial charge on any atom is 0.242 e. The maximum atomic E-state index is 12.5. The molecule has 136 valence electrons. The molecule has 1 saturated heterocycles. The minimum Gasteiger partial charge on any atom is -0.380 e. The van der Waals surface area contributed by atoms with Crippen molar-refractivity contribution in [1.29, 1.82) is 0 Å². The molecule has 0 spiro atoms. The predicted octanol–water partition coefficient (Wildman–Crippen LogP) is 1.45. The van der Waals surface area contributed by atoms with Crippen molar-refractivity contribution in [3.05, 3.63) is 12.3 Å². The summed E-state index contributed by atoms with van der Waals surface area (Å²) in [6.07, 6.45) is 1.72. The van der Waals surface area contributed by atoms with Crippen LogP contribution >= 0.6 is 0 Å². The van der Waals surface area contributed by atoms with Gasteiger partial charge in [-0.05, 0) is 27.7 Å². The van der Waals surface area contributed by atoms with E-state index >= 15 is 0 Å². The van der Waals surface area contributed by atoms with Crippen LogP contribution in [0.1, 0.15) is 33.7 Å². The first-order valence-corrected chi connectivity index (χ1v) is 8.91. The monoisotopic (exact) mass is 337 g/mol. The molecule has 1 amide bonds. The summed E-state index contributed by atoms with van der Waals surface area (Å²) in [5, 5.41) is 7.26. The Morgan fingerprint density at radius 3 is 2.62 bits per heavy atom. The van der Waals surface area contributed by atoms with Crippen molar-refractivity contribution in [2.24, 2.45) is 0 Å². The number of amides is 1. The Balaban J connectivity index is 1.80. The van der Waals surface area contributed by atoms with Gasteiger partial charge in [-0.1, -0.05) is 0 Å². The van der Waals surface area contributed by atoms with Crippen molar-refractivity contribution in [3.8, 4) is 0 Å². The minimum absolute atomic E-state index is 0.0279. The molecule has 1 N–H and O–H groups in total. The number of ether oxygens (including phenoxy) is 1. The van der Waals surface area contributed by atoms with E-state index < -0.39 is 0 Å². The summed E-state index contributed by atoms with van der Waals surface area (Å²) in [7, 11) is 0. The summed E-state index contributed by atoms with van der Waals surface area (Å²) in [5.74, 6) is 0.789. The number of hydrogen-bond donors (Lipinski definition) is 1. The van der Waals surface area contributed by atoms with Crippen molar-refractivity contribution >= 4 is 11.7 Å². The third kappa shape index (κ3) is 5.03. The van der Waals surface area contributed by atoms with Crippen molar-refractivity contribution in [2.45, 2.75) is 39.8 Å². The zero-order valence-corrected chi connectivity index (χ0v) is 15.4. The van der Waals surface area contributed by atoms with Gasteiger partial charge in [0.05, 0.1) is 18.8 Å². The fourth-order valence-corrected chi connectivity index (χ4v) is 2.93. The molecular weight excluding hydrogens is 306 g/mol. The zero-order chi connectivity index (χ0) is 17.5. The number of hydrogen-bond acceptors (Lipinski definition) is 5. The Labute approximate surface area is 144 Å². The second-order valence-corrected chi connectivity index (χ2v) is 6.49. The lowest BCUT2D eigenvalue weighted by molar-refractivity contribution is -0.121. The number of piperazine rings is 1. The molecule has 1 aliphatic heterocycles. The highest BCUT2D eigenvalue weighted by Gasteiger charge is 2.26. The van der Waals surface area contributed by atoms with Gasteiger partial charge >= 0.3 is 0 Å². The Kier molecular flexibility index (Phi) is 7.20. The van der Waals surface area contributed by atoms with Crippen LogP contribution in [0.5, 0.6) is 0 Å². The van der Waals surface area contributed by atoms with Crippen LogP contribution in [-0.2, 0) is 9.53 Å². The highest BCUT2D eigenvalue weighted by Crippen LogP contribution is 2.14. The number of rotatable bonds is 8. The van der Waals surface area contributed by atoms with Crippen LogP contribution in [0.2, 0.25) is 0 Å². The largest absolute Gasteiger partial charge is 0.380 e. The molecule has 1 aliphatic rings. The van der Waals surface area contributed by atoms with Gasteiger partial charge in [0.25, 0.3) is 0 Å². The highest BCUT2D eigenvalue weighted by molar-refractivity contribution is 5.93. The minimum atomic E-state index is -0.144. The topological polar surface area (TPSA) is 62.6 Å². The molecule has 24 heavy (non-hydrogen) atoms. The Morgan fingerprint density at radius 2 is 2.00 bits per heavy atom. The zero-order valence-electron chi connectivity index (χ0n) is 15.4. The number of nitrogens with zero attached hydrogens (tertiary/aromatic N) is 4. The molecule has 2 rings (SSSR count). The van der Waals surface area contributed by atoms with Crippen LogP contribution < -0.4 is 5.32 Å². The summed E-state index contributed by atoms with van der Waals surface area (Å²) >= 11 is 0. The molecule has 1 aromatic heterocycles. The van der Waals surface area contributed by atoms with E-state index in [1.807, 2.05) is 38.4 Å². The first-order chi connectivity index (χ1) is 11.5. The molecule has 0 bridgehead atoms. The number of aromatic nitrogens is 2. The molecule has 0 aliphatic carbocycles. The Bertz CT molecular complexity index is 509. The molecular formula is C17H31N5O2. The van der Waals surface area contributed by atoms with E-state index in [1.54, 1.807) is 6.20 Å². The maximum absolute atomic E-state index is 12.5. The standard InChI is InChI=1S/C17H31N5O2/c1-5-24-13-12-20-8-10-21(11-9-20)15(4)17(23)19-16-6-7-18-22(16)14(2)3/h6-7,14-15H,5,8-13H2,1-4H3,(H,19,23)/t15-/m1/s1. The number of carbonyl (C=O) groups is 1. The third-order valence-electron chi connectivity index (χ3n) is 4.50. The number of anilines is 1. The van der Waals surface area contributed by atoms with Crippen LogP contribution in [0.3, 0.4) is 0 Å². The summed E-state index contributed by atoms with van der Waals surface area (Å²) in [5.41, 5.74) is 0. The average molecular weight is 337 g/mol. The fourth-order valence-electron chi connectivity index (χ4n) is 2.93. The molecule has 0 radical (unpaired) electrons. The molecule has 7 heteroatoms. The van der Waals surface area contributed by atoms with Gasteiger partial charge in [-0.15, -0.1) is 0 Å². The molecule has 0 unspecified atom stereocenters. The van der Waals surface area contributed by atoms with E-state index in [-0.39, 0.29) is 18.0 Å². The van der Waals surface area contributed by atoms with Gasteiger partial charge in [-0.3, -0.25) is 14.6 Å². The lowest BCUT2D eigenvalue weighted by Crippen LogP contribution is -2.53. The average Bonchev–Trinajstić information content (AvgIpc) is 3.03. The van der Waals surface area contributed by atoms with E-state index in [2.05, 4.69) is 20.2 Å². The van der Waals surface area contributed by atoms with Crippen molar-refractivity contribution in [1.82, 2.24) is 19.6 Å². The van der Waals surface area contributed by atoms with Crippen LogP contribution in [0.25, 0.3) is 0 Å². The van der Waals surface area contributed by atoms with Gasteiger partial charge in [0, 0.05) is 51.4 Å². The summed E-state index contributed by atoms with van der Waals surface area (Å²) in [4.78, 5) is 17.2. The normalized spacial score (nSPS) is 18.0. The number of carbonyl (C=O) groups excluding carboxylic acids is 1. The van der Waals surface area contributed by atoms with Crippen LogP contribution in [0.4, 0.5) is 5.82 Å². The quantitative estimate of drug-likeness (QED) is 0.728. The lowest BCUT2D eigenvalue weighted by atomic mass is 10.2. The van der Waals surface area contributed by atoms with E-state index in [0.29, 0.717) is 0 Å². The molecule has 1 fully saturated rings. The van der Waals surface area contributed by atoms with Gasteiger partial charge in [-0.25, -0.2) is 4.68 Å². The van der Waals surface area contributed by atoms with Crippen molar-refractivity contribution < 1.29 is 9.53 Å². The van der Waals surface area contributed by atoms with E-state index in [1.165, 1.54) is 0 Å². The Hall–Kier alpha value is -1.44. The van der Waals surface area contributed by atoms with Gasteiger partial charge in [0.1, 0.15) is 5.82 Å². The SMILES string of the molecule is CCOCCN1CCN([C@H](C)C(=O)Nc2ccnn2C(C)C)CC1. The van der Waals surface area contributed by atoms with Crippen molar-refractivity contribution in [2.75, 3.05) is 51.3 Å². The van der Waals surface area contributed by atoms with Crippen LogP contribution in [-0.4, -0.2) is 77.5 Å². The van der Waals surface area contributed by atoms with Gasteiger partial charge in [0.15, 0.2) is 0 Å². The molecule has 1 atom stereocenters. The fraction of sp³-hybridized carbons (Fsp3) is 0.765. The second kappa shape index (κ2) is 9.15. The van der Waals surface area contributed by atoms with Gasteiger partial charge < -0.3 is 10.1 Å². The Morgan fingerprint density at radius 1 is 1.29 bits per heavy atom. The highest BCUT2D eigenvalue weighted by atomic mass is 16.5. The van der Waals surface area contributed by atoms with E-state index in [0.717, 1.165) is 51.8 Å². The second-order valence-electron chi connectivity index (χ2n) is 6.49. The molecule has 2 heterocycles. The summed E-state index contributed by atoms with van der Waals surface area (Å²) in [6, 6.07) is 1.92. The molecule has 0 aromatic carbocycles. The third-order valence-corrected chi connectivity index (χ3v) is 4.50. The van der Waals surface area contributed by atoms with Crippen LogP contribution in [0, 0.1) is 0 Å². The smallest absolute Gasteiger partial charge is 0.242 e. The first kappa shape index (κ1) is 18.9. The van der Waals surface area contributed by atoms with E-state index in [9.17, 15) is 4.79 Å². The summed E-state index contributed by atoms with van der Waals surface area (Å²) < 4.78 is 7.24.